The van der Waals surface area contributed by atoms with Crippen LogP contribution in [0.15, 0.2) is 38.8 Å². The molecule has 0 unspecified atom stereocenters. The lowest BCUT2D eigenvalue weighted by molar-refractivity contribution is 0.412. The molecule has 2 N–H and O–H groups in total. The van der Waals surface area contributed by atoms with E-state index >= 15 is 0 Å². The molecule has 3 rings (SSSR count). The highest BCUT2D eigenvalue weighted by atomic mass is 35.5. The summed E-state index contributed by atoms with van der Waals surface area (Å²) in [5, 5.41) is 8.65. The third-order valence-electron chi connectivity index (χ3n) is 4.07. The van der Waals surface area contributed by atoms with E-state index in [2.05, 4.69) is 15.8 Å². The zero-order valence-corrected chi connectivity index (χ0v) is 14.6. The van der Waals surface area contributed by atoms with Crippen molar-refractivity contribution in [1.82, 2.24) is 10.7 Å². The van der Waals surface area contributed by atoms with Crippen LogP contribution >= 0.6 is 23.8 Å². The van der Waals surface area contributed by atoms with Crippen molar-refractivity contribution >= 4 is 46.1 Å². The molecule has 0 atom stereocenters. The van der Waals surface area contributed by atoms with E-state index in [1.807, 2.05) is 0 Å². The molecule has 1 aliphatic carbocycles. The van der Waals surface area contributed by atoms with Crippen LogP contribution in [0.3, 0.4) is 0 Å². The van der Waals surface area contributed by atoms with Crippen LogP contribution in [0.5, 0.6) is 0 Å². The average molecular weight is 364 g/mol. The lowest BCUT2D eigenvalue weighted by Gasteiger charge is -2.23. The molecule has 0 saturated heterocycles. The molecule has 0 bridgehead atoms. The van der Waals surface area contributed by atoms with Gasteiger partial charge in [-0.25, -0.2) is 0 Å². The second-order valence-electron chi connectivity index (χ2n) is 5.84. The van der Waals surface area contributed by atoms with Crippen LogP contribution in [0.1, 0.15) is 37.7 Å². The lowest BCUT2D eigenvalue weighted by atomic mass is 9.96. The lowest BCUT2D eigenvalue weighted by Crippen LogP contribution is -2.40. The molecule has 0 spiro atoms. The minimum Gasteiger partial charge on any atom is -0.463 e. The summed E-state index contributed by atoms with van der Waals surface area (Å²) in [6.45, 7) is 0. The van der Waals surface area contributed by atoms with Crippen molar-refractivity contribution in [3.8, 4) is 0 Å². The van der Waals surface area contributed by atoms with Gasteiger partial charge < -0.3 is 9.73 Å². The van der Waals surface area contributed by atoms with Crippen LogP contribution in [0.4, 0.5) is 0 Å². The average Bonchev–Trinajstić information content (AvgIpc) is 2.58. The second-order valence-corrected chi connectivity index (χ2v) is 6.68. The van der Waals surface area contributed by atoms with E-state index in [1.54, 1.807) is 18.2 Å². The molecule has 0 radical (unpaired) electrons. The summed E-state index contributed by atoms with van der Waals surface area (Å²) >= 11 is 11.2. The topological polar surface area (TPSA) is 66.6 Å². The minimum atomic E-state index is -0.185. The third-order valence-corrected chi connectivity index (χ3v) is 4.52. The molecule has 1 heterocycles. The Labute approximate surface area is 150 Å². The normalized spacial score (nSPS) is 15.7. The highest BCUT2D eigenvalue weighted by Crippen LogP contribution is 2.17. The number of benzene rings is 1. The first-order valence-electron chi connectivity index (χ1n) is 7.94. The fourth-order valence-electron chi connectivity index (χ4n) is 2.83. The number of halogens is 1. The molecule has 7 heteroatoms. The summed E-state index contributed by atoms with van der Waals surface area (Å²) in [5.74, 6) is 0. The van der Waals surface area contributed by atoms with Gasteiger partial charge in [-0.1, -0.05) is 30.9 Å². The molecule has 1 fully saturated rings. The van der Waals surface area contributed by atoms with Crippen molar-refractivity contribution in [1.29, 1.82) is 0 Å². The fourth-order valence-corrected chi connectivity index (χ4v) is 3.22. The maximum Gasteiger partial charge on any atom is 0.201 e. The van der Waals surface area contributed by atoms with Crippen molar-refractivity contribution in [2.24, 2.45) is 5.10 Å². The van der Waals surface area contributed by atoms with E-state index < -0.39 is 0 Å². The maximum atomic E-state index is 12.4. The van der Waals surface area contributed by atoms with Crippen LogP contribution in [-0.4, -0.2) is 17.4 Å². The number of fused-ring (bicyclic) bond motifs is 1. The minimum absolute atomic E-state index is 0.185. The molecule has 1 saturated carbocycles. The first-order valence-corrected chi connectivity index (χ1v) is 8.73. The Bertz CT molecular complexity index is 828. The van der Waals surface area contributed by atoms with Crippen LogP contribution in [0.2, 0.25) is 5.02 Å². The highest BCUT2D eigenvalue weighted by molar-refractivity contribution is 7.80. The number of hydrogen-bond acceptors (Lipinski definition) is 4. The maximum absolute atomic E-state index is 12.4. The third kappa shape index (κ3) is 4.13. The molecule has 1 aromatic heterocycles. The van der Waals surface area contributed by atoms with Crippen molar-refractivity contribution in [2.45, 2.75) is 38.1 Å². The summed E-state index contributed by atoms with van der Waals surface area (Å²) < 4.78 is 5.43. The largest absolute Gasteiger partial charge is 0.463 e. The summed E-state index contributed by atoms with van der Waals surface area (Å²) in [7, 11) is 0. The van der Waals surface area contributed by atoms with Gasteiger partial charge in [-0.3, -0.25) is 10.2 Å². The van der Waals surface area contributed by atoms with Crippen molar-refractivity contribution < 1.29 is 4.42 Å². The fraction of sp³-hybridized carbons (Fsp3) is 0.353. The predicted octanol–water partition coefficient (Wildman–Crippen LogP) is 3.58. The van der Waals surface area contributed by atoms with Gasteiger partial charge >= 0.3 is 0 Å². The Morgan fingerprint density at radius 2 is 2.12 bits per heavy atom. The smallest absolute Gasteiger partial charge is 0.201 e. The molecular formula is C17H18ClN3O2S. The number of nitrogens with one attached hydrogen (secondary N) is 2. The highest BCUT2D eigenvalue weighted by Gasteiger charge is 2.13. The second kappa shape index (κ2) is 7.77. The van der Waals surface area contributed by atoms with Crippen molar-refractivity contribution in [3.63, 3.8) is 0 Å². The van der Waals surface area contributed by atoms with E-state index in [0.29, 0.717) is 32.7 Å². The van der Waals surface area contributed by atoms with Crippen LogP contribution in [0, 0.1) is 0 Å². The molecular weight excluding hydrogens is 346 g/mol. The Kier molecular flexibility index (Phi) is 5.48. The summed E-state index contributed by atoms with van der Waals surface area (Å²) in [6, 6.07) is 5.34. The number of rotatable bonds is 3. The van der Waals surface area contributed by atoms with Crippen LogP contribution in [-0.2, 0) is 0 Å². The van der Waals surface area contributed by atoms with Crippen molar-refractivity contribution in [2.75, 3.05) is 0 Å². The zero-order valence-electron chi connectivity index (χ0n) is 13.0. The van der Waals surface area contributed by atoms with Crippen LogP contribution in [0.25, 0.3) is 11.0 Å². The molecule has 0 amide bonds. The van der Waals surface area contributed by atoms with Gasteiger partial charge in [0.25, 0.3) is 0 Å². The van der Waals surface area contributed by atoms with E-state index in [9.17, 15) is 4.79 Å². The van der Waals surface area contributed by atoms with Gasteiger partial charge in [0.05, 0.1) is 17.2 Å². The number of hydrazone groups is 1. The van der Waals surface area contributed by atoms with E-state index in [4.69, 9.17) is 28.2 Å². The Morgan fingerprint density at radius 3 is 2.92 bits per heavy atom. The Balaban J connectivity index is 1.66. The molecule has 5 nitrogen and oxygen atoms in total. The van der Waals surface area contributed by atoms with Gasteiger partial charge in [-0.15, -0.1) is 0 Å². The summed E-state index contributed by atoms with van der Waals surface area (Å²) in [4.78, 5) is 12.4. The quantitative estimate of drug-likeness (QED) is 0.495. The van der Waals surface area contributed by atoms with Gasteiger partial charge in [0.15, 0.2) is 5.11 Å². The van der Waals surface area contributed by atoms with E-state index in [-0.39, 0.29) is 5.43 Å². The number of hydrogen-bond donors (Lipinski definition) is 2. The van der Waals surface area contributed by atoms with Gasteiger partial charge in [0.1, 0.15) is 11.8 Å². The first-order chi connectivity index (χ1) is 11.6. The van der Waals surface area contributed by atoms with Crippen LogP contribution < -0.4 is 16.2 Å². The predicted molar refractivity (Wildman–Crippen MR) is 101 cm³/mol. The van der Waals surface area contributed by atoms with Gasteiger partial charge in [0.2, 0.25) is 5.43 Å². The van der Waals surface area contributed by atoms with Gasteiger partial charge in [0, 0.05) is 11.1 Å². The van der Waals surface area contributed by atoms with E-state index in [0.717, 1.165) is 12.8 Å². The number of thiocarbonyl (C=S) groups is 1. The van der Waals surface area contributed by atoms with E-state index in [1.165, 1.54) is 31.7 Å². The summed E-state index contributed by atoms with van der Waals surface area (Å²) in [6.07, 6.45) is 8.77. The Hall–Kier alpha value is -1.92. The Morgan fingerprint density at radius 1 is 1.33 bits per heavy atom. The molecule has 24 heavy (non-hydrogen) atoms. The molecule has 2 aromatic rings. The van der Waals surface area contributed by atoms with Crippen molar-refractivity contribution in [3.05, 3.63) is 45.3 Å². The molecule has 0 aliphatic heterocycles. The van der Waals surface area contributed by atoms with Gasteiger partial charge in [-0.05, 0) is 43.3 Å². The molecule has 1 aliphatic rings. The van der Waals surface area contributed by atoms with Gasteiger partial charge in [-0.2, -0.15) is 5.10 Å². The molecule has 1 aromatic carbocycles. The zero-order chi connectivity index (χ0) is 16.9. The molecule has 126 valence electrons. The standard InChI is InChI=1S/C17H18ClN3O2S/c18-12-6-7-15-14(8-12)16(22)11(10-23-15)9-19-21-17(24)20-13-4-2-1-3-5-13/h6-10,13H,1-5H2,(H2,20,21,24). The summed E-state index contributed by atoms with van der Waals surface area (Å²) in [5.41, 5.74) is 3.38. The number of nitrogens with zero attached hydrogens (tertiary/aromatic N) is 1. The SMILES string of the molecule is O=c1c(C=NNC(=S)NC2CCCCC2)coc2ccc(Cl)cc12. The monoisotopic (exact) mass is 363 g/mol. The first kappa shape index (κ1) is 16.9.